The molecule has 2 heterocycles. The summed E-state index contributed by atoms with van der Waals surface area (Å²) in [5.74, 6) is -0.788. The summed E-state index contributed by atoms with van der Waals surface area (Å²) in [6, 6.07) is 5.24. The zero-order valence-corrected chi connectivity index (χ0v) is 19.9. The number of ether oxygens (including phenoxy) is 3. The second-order valence-corrected chi connectivity index (χ2v) is 9.97. The van der Waals surface area contributed by atoms with E-state index in [4.69, 9.17) is 14.2 Å². The quantitative estimate of drug-likeness (QED) is 0.524. The molecule has 0 saturated heterocycles. The van der Waals surface area contributed by atoms with Crippen molar-refractivity contribution in [3.63, 3.8) is 0 Å². The summed E-state index contributed by atoms with van der Waals surface area (Å²) < 4.78 is 17.9. The maximum absolute atomic E-state index is 12.7. The molecule has 8 nitrogen and oxygen atoms in total. The first-order valence-corrected chi connectivity index (χ1v) is 10.7. The SMILES string of the molecule is COC(=O)c1ccc2c(c1)c1c(n2CC(=O)OC(C)(C)C)CCN(C(=O)OC(C)(C)C)C1. The fourth-order valence-electron chi connectivity index (χ4n) is 3.86. The minimum Gasteiger partial charge on any atom is -0.465 e. The number of benzene rings is 1. The molecule has 174 valence electrons. The molecule has 1 amide bonds. The van der Waals surface area contributed by atoms with Gasteiger partial charge in [0.25, 0.3) is 0 Å². The van der Waals surface area contributed by atoms with E-state index in [9.17, 15) is 14.4 Å². The van der Waals surface area contributed by atoms with Gasteiger partial charge < -0.3 is 23.7 Å². The van der Waals surface area contributed by atoms with Crippen molar-refractivity contribution in [3.05, 3.63) is 35.0 Å². The molecule has 1 aliphatic heterocycles. The van der Waals surface area contributed by atoms with Crippen LogP contribution in [0.2, 0.25) is 0 Å². The van der Waals surface area contributed by atoms with E-state index in [1.807, 2.05) is 52.2 Å². The number of methoxy groups -OCH3 is 1. The number of esters is 2. The lowest BCUT2D eigenvalue weighted by Crippen LogP contribution is -2.40. The van der Waals surface area contributed by atoms with Gasteiger partial charge in [-0.3, -0.25) is 4.79 Å². The highest BCUT2D eigenvalue weighted by Crippen LogP contribution is 2.33. The number of hydrogen-bond acceptors (Lipinski definition) is 6. The Kier molecular flexibility index (Phi) is 6.26. The van der Waals surface area contributed by atoms with Crippen LogP contribution in [0.3, 0.4) is 0 Å². The fraction of sp³-hybridized carbons (Fsp3) is 0.542. The van der Waals surface area contributed by atoms with Gasteiger partial charge in [-0.1, -0.05) is 0 Å². The first kappa shape index (κ1) is 23.6. The van der Waals surface area contributed by atoms with Gasteiger partial charge in [0.05, 0.1) is 19.2 Å². The summed E-state index contributed by atoms with van der Waals surface area (Å²) in [5, 5.41) is 0.805. The predicted molar refractivity (Wildman–Crippen MR) is 119 cm³/mol. The molecule has 1 aromatic carbocycles. The number of aromatic nitrogens is 1. The van der Waals surface area contributed by atoms with Crippen molar-refractivity contribution >= 4 is 28.9 Å². The van der Waals surface area contributed by atoms with E-state index < -0.39 is 17.2 Å². The van der Waals surface area contributed by atoms with Crippen LogP contribution in [0, 0.1) is 0 Å². The largest absolute Gasteiger partial charge is 0.465 e. The van der Waals surface area contributed by atoms with E-state index in [-0.39, 0.29) is 18.6 Å². The smallest absolute Gasteiger partial charge is 0.410 e. The zero-order valence-electron chi connectivity index (χ0n) is 19.9. The van der Waals surface area contributed by atoms with Crippen molar-refractivity contribution in [2.24, 2.45) is 0 Å². The van der Waals surface area contributed by atoms with Crippen LogP contribution in [0.25, 0.3) is 10.9 Å². The average molecular weight is 445 g/mol. The highest BCUT2D eigenvalue weighted by Gasteiger charge is 2.31. The number of rotatable bonds is 3. The third-order valence-electron chi connectivity index (χ3n) is 5.03. The molecule has 0 atom stereocenters. The third-order valence-corrected chi connectivity index (χ3v) is 5.03. The molecule has 32 heavy (non-hydrogen) atoms. The Hall–Kier alpha value is -3.03. The van der Waals surface area contributed by atoms with E-state index in [1.165, 1.54) is 7.11 Å². The van der Waals surface area contributed by atoms with Gasteiger partial charge in [0.1, 0.15) is 17.7 Å². The van der Waals surface area contributed by atoms with Crippen LogP contribution in [0.5, 0.6) is 0 Å². The Bertz CT molecular complexity index is 1060. The molecule has 3 rings (SSSR count). The number of nitrogens with zero attached hydrogens (tertiary/aromatic N) is 2. The van der Waals surface area contributed by atoms with Crippen LogP contribution >= 0.6 is 0 Å². The second-order valence-electron chi connectivity index (χ2n) is 9.97. The summed E-state index contributed by atoms with van der Waals surface area (Å²) in [6.45, 7) is 11.8. The molecule has 0 fully saturated rings. The first-order chi connectivity index (χ1) is 14.8. The maximum atomic E-state index is 12.7. The fourth-order valence-corrected chi connectivity index (χ4v) is 3.86. The lowest BCUT2D eigenvalue weighted by Gasteiger charge is -2.30. The Morgan fingerprint density at radius 2 is 1.66 bits per heavy atom. The second kappa shape index (κ2) is 8.48. The summed E-state index contributed by atoms with van der Waals surface area (Å²) in [6.07, 6.45) is 0.167. The Balaban J connectivity index is 2.03. The minimum absolute atomic E-state index is 0.0487. The molecule has 2 aromatic rings. The van der Waals surface area contributed by atoms with Crippen LogP contribution in [0.1, 0.15) is 63.2 Å². The molecule has 0 aliphatic carbocycles. The standard InChI is InChI=1S/C24H32N2O6/c1-23(2,3)31-20(27)14-26-18-9-8-15(21(28)30-7)12-16(18)17-13-25(11-10-19(17)26)22(29)32-24(4,5)6/h8-9,12H,10-11,13-14H2,1-7H3. The van der Waals surface area contributed by atoms with E-state index in [0.29, 0.717) is 25.1 Å². The molecule has 0 radical (unpaired) electrons. The molecule has 0 saturated carbocycles. The number of fused-ring (bicyclic) bond motifs is 3. The molecule has 1 aromatic heterocycles. The summed E-state index contributed by atoms with van der Waals surface area (Å²) in [5.41, 5.74) is 1.87. The van der Waals surface area contributed by atoms with E-state index in [2.05, 4.69) is 0 Å². The van der Waals surface area contributed by atoms with Crippen molar-refractivity contribution in [2.75, 3.05) is 13.7 Å². The number of carbonyl (C=O) groups excluding carboxylic acids is 3. The van der Waals surface area contributed by atoms with Gasteiger partial charge in [-0.25, -0.2) is 9.59 Å². The number of hydrogen-bond donors (Lipinski definition) is 0. The van der Waals surface area contributed by atoms with E-state index in [0.717, 1.165) is 22.2 Å². The van der Waals surface area contributed by atoms with Crippen molar-refractivity contribution in [2.45, 2.75) is 72.3 Å². The van der Waals surface area contributed by atoms with Gasteiger partial charge in [0.15, 0.2) is 0 Å². The molecular weight excluding hydrogens is 412 g/mol. The Morgan fingerprint density at radius 3 is 2.25 bits per heavy atom. The molecule has 8 heteroatoms. The van der Waals surface area contributed by atoms with Crippen molar-refractivity contribution < 1.29 is 28.6 Å². The van der Waals surface area contributed by atoms with Crippen LogP contribution < -0.4 is 0 Å². The van der Waals surface area contributed by atoms with Crippen molar-refractivity contribution in [1.82, 2.24) is 9.47 Å². The van der Waals surface area contributed by atoms with Gasteiger partial charge in [-0.05, 0) is 59.7 Å². The average Bonchev–Trinajstić information content (AvgIpc) is 2.97. The van der Waals surface area contributed by atoms with Crippen LogP contribution in [0.15, 0.2) is 18.2 Å². The molecule has 0 unspecified atom stereocenters. The van der Waals surface area contributed by atoms with Gasteiger partial charge in [0, 0.05) is 35.1 Å². The normalized spacial score (nSPS) is 14.2. The Morgan fingerprint density at radius 1 is 1.00 bits per heavy atom. The molecule has 1 aliphatic rings. The zero-order chi connectivity index (χ0) is 23.8. The monoisotopic (exact) mass is 444 g/mol. The third kappa shape index (κ3) is 5.23. The summed E-state index contributed by atoms with van der Waals surface area (Å²) in [7, 11) is 1.33. The van der Waals surface area contributed by atoms with E-state index in [1.54, 1.807) is 17.0 Å². The first-order valence-electron chi connectivity index (χ1n) is 10.7. The molecular formula is C24H32N2O6. The maximum Gasteiger partial charge on any atom is 0.410 e. The van der Waals surface area contributed by atoms with Crippen molar-refractivity contribution in [3.8, 4) is 0 Å². The summed E-state index contributed by atoms with van der Waals surface area (Å²) in [4.78, 5) is 39.0. The highest BCUT2D eigenvalue weighted by atomic mass is 16.6. The minimum atomic E-state index is -0.597. The van der Waals surface area contributed by atoms with Gasteiger partial charge >= 0.3 is 18.0 Å². The van der Waals surface area contributed by atoms with Crippen molar-refractivity contribution in [1.29, 1.82) is 0 Å². The number of carbonyl (C=O) groups is 3. The number of amides is 1. The molecule has 0 N–H and O–H groups in total. The molecule has 0 spiro atoms. The summed E-state index contributed by atoms with van der Waals surface area (Å²) >= 11 is 0. The van der Waals surface area contributed by atoms with Gasteiger partial charge in [-0.2, -0.15) is 0 Å². The topological polar surface area (TPSA) is 87.1 Å². The van der Waals surface area contributed by atoms with Gasteiger partial charge in [0.2, 0.25) is 0 Å². The predicted octanol–water partition coefficient (Wildman–Crippen LogP) is 4.06. The molecule has 0 bridgehead atoms. The lowest BCUT2D eigenvalue weighted by atomic mass is 10.0. The van der Waals surface area contributed by atoms with Gasteiger partial charge in [-0.15, -0.1) is 0 Å². The highest BCUT2D eigenvalue weighted by molar-refractivity contribution is 5.97. The van der Waals surface area contributed by atoms with Crippen LogP contribution in [-0.4, -0.2) is 52.4 Å². The Labute approximate surface area is 188 Å². The van der Waals surface area contributed by atoms with Crippen LogP contribution in [-0.2, 0) is 38.5 Å². The van der Waals surface area contributed by atoms with Crippen LogP contribution in [0.4, 0.5) is 4.79 Å². The van der Waals surface area contributed by atoms with E-state index >= 15 is 0 Å². The lowest BCUT2D eigenvalue weighted by molar-refractivity contribution is -0.155.